The van der Waals surface area contributed by atoms with Gasteiger partial charge in [0.25, 0.3) is 0 Å². The standard InChI is InChI=1S/C12H13BrFNO3/c1-2-15(7-12(17)18)11(16)6-8-5-9(14)3-4-10(8)13/h3-5H,2,6-7H2,1H3,(H,17,18). The van der Waals surface area contributed by atoms with E-state index in [1.54, 1.807) is 6.92 Å². The highest BCUT2D eigenvalue weighted by molar-refractivity contribution is 9.10. The summed E-state index contributed by atoms with van der Waals surface area (Å²) in [6, 6.07) is 4.06. The second kappa shape index (κ2) is 6.49. The minimum atomic E-state index is -1.07. The molecule has 98 valence electrons. The molecule has 1 rings (SSSR count). The van der Waals surface area contributed by atoms with Crippen LogP contribution in [0.25, 0.3) is 0 Å². The lowest BCUT2D eigenvalue weighted by Gasteiger charge is -2.18. The number of carboxylic acids is 1. The fourth-order valence-corrected chi connectivity index (χ4v) is 1.88. The van der Waals surface area contributed by atoms with E-state index in [1.165, 1.54) is 23.1 Å². The lowest BCUT2D eigenvalue weighted by Crippen LogP contribution is -2.36. The number of amides is 1. The number of nitrogens with zero attached hydrogens (tertiary/aromatic N) is 1. The molecule has 0 saturated heterocycles. The number of hydrogen-bond donors (Lipinski definition) is 1. The summed E-state index contributed by atoms with van der Waals surface area (Å²) >= 11 is 3.23. The molecule has 18 heavy (non-hydrogen) atoms. The van der Waals surface area contributed by atoms with Crippen molar-refractivity contribution >= 4 is 27.8 Å². The fourth-order valence-electron chi connectivity index (χ4n) is 1.49. The molecule has 0 heterocycles. The molecule has 0 aromatic heterocycles. The Kier molecular flexibility index (Phi) is 5.27. The van der Waals surface area contributed by atoms with Gasteiger partial charge in [-0.05, 0) is 30.7 Å². The molecule has 0 radical (unpaired) electrons. The average Bonchev–Trinajstić information content (AvgIpc) is 2.30. The Bertz CT molecular complexity index is 465. The molecule has 4 nitrogen and oxygen atoms in total. The Labute approximate surface area is 113 Å². The normalized spacial score (nSPS) is 10.2. The van der Waals surface area contributed by atoms with Crippen molar-refractivity contribution in [3.63, 3.8) is 0 Å². The Balaban J connectivity index is 2.79. The van der Waals surface area contributed by atoms with E-state index in [0.717, 1.165) is 0 Å². The van der Waals surface area contributed by atoms with Gasteiger partial charge in [-0.15, -0.1) is 0 Å². The second-order valence-corrected chi connectivity index (χ2v) is 4.57. The van der Waals surface area contributed by atoms with Crippen LogP contribution in [0.3, 0.4) is 0 Å². The summed E-state index contributed by atoms with van der Waals surface area (Å²) in [5.74, 6) is -1.84. The van der Waals surface area contributed by atoms with Gasteiger partial charge in [0.15, 0.2) is 0 Å². The van der Waals surface area contributed by atoms with Gasteiger partial charge in [-0.1, -0.05) is 15.9 Å². The van der Waals surface area contributed by atoms with Gasteiger partial charge in [-0.25, -0.2) is 4.39 Å². The highest BCUT2D eigenvalue weighted by Gasteiger charge is 2.16. The third kappa shape index (κ3) is 4.10. The van der Waals surface area contributed by atoms with Gasteiger partial charge in [0.2, 0.25) is 5.91 Å². The number of carbonyl (C=O) groups excluding carboxylic acids is 1. The van der Waals surface area contributed by atoms with Crippen molar-refractivity contribution in [2.24, 2.45) is 0 Å². The fraction of sp³-hybridized carbons (Fsp3) is 0.333. The van der Waals surface area contributed by atoms with Crippen molar-refractivity contribution in [2.75, 3.05) is 13.1 Å². The van der Waals surface area contributed by atoms with Crippen LogP contribution in [-0.4, -0.2) is 35.0 Å². The Morgan fingerprint density at radius 3 is 2.67 bits per heavy atom. The highest BCUT2D eigenvalue weighted by Crippen LogP contribution is 2.19. The molecular formula is C12H13BrFNO3. The van der Waals surface area contributed by atoms with E-state index in [0.29, 0.717) is 16.6 Å². The van der Waals surface area contributed by atoms with E-state index < -0.39 is 11.8 Å². The van der Waals surface area contributed by atoms with Crippen LogP contribution >= 0.6 is 15.9 Å². The molecule has 1 N–H and O–H groups in total. The summed E-state index contributed by atoms with van der Waals surface area (Å²) in [4.78, 5) is 23.7. The molecule has 0 atom stereocenters. The van der Waals surface area contributed by atoms with Crippen molar-refractivity contribution < 1.29 is 19.1 Å². The predicted molar refractivity (Wildman–Crippen MR) is 67.7 cm³/mol. The molecule has 0 aliphatic carbocycles. The largest absolute Gasteiger partial charge is 0.480 e. The number of halogens is 2. The van der Waals surface area contributed by atoms with E-state index in [9.17, 15) is 14.0 Å². The zero-order valence-electron chi connectivity index (χ0n) is 9.82. The van der Waals surface area contributed by atoms with Crippen LogP contribution in [0.1, 0.15) is 12.5 Å². The monoisotopic (exact) mass is 317 g/mol. The van der Waals surface area contributed by atoms with Crippen LogP contribution < -0.4 is 0 Å². The van der Waals surface area contributed by atoms with Gasteiger partial charge in [-0.3, -0.25) is 9.59 Å². The Morgan fingerprint density at radius 2 is 2.11 bits per heavy atom. The number of benzene rings is 1. The molecular weight excluding hydrogens is 305 g/mol. The van der Waals surface area contributed by atoms with Crippen LogP contribution in [0.2, 0.25) is 0 Å². The number of likely N-dealkylation sites (N-methyl/N-ethyl adjacent to an activating group) is 1. The number of rotatable bonds is 5. The van der Waals surface area contributed by atoms with Crippen LogP contribution in [0.15, 0.2) is 22.7 Å². The summed E-state index contributed by atoms with van der Waals surface area (Å²) in [5, 5.41) is 8.67. The molecule has 0 aliphatic rings. The lowest BCUT2D eigenvalue weighted by atomic mass is 10.1. The van der Waals surface area contributed by atoms with Gasteiger partial charge in [-0.2, -0.15) is 0 Å². The second-order valence-electron chi connectivity index (χ2n) is 3.71. The summed E-state index contributed by atoms with van der Waals surface area (Å²) in [6.07, 6.45) is -0.0283. The van der Waals surface area contributed by atoms with Gasteiger partial charge in [0.05, 0.1) is 6.42 Å². The SMILES string of the molecule is CCN(CC(=O)O)C(=O)Cc1cc(F)ccc1Br. The van der Waals surface area contributed by atoms with Crippen molar-refractivity contribution in [1.82, 2.24) is 4.90 Å². The number of carboxylic acid groups (broad SMARTS) is 1. The summed E-state index contributed by atoms with van der Waals surface area (Å²) in [7, 11) is 0. The molecule has 0 fully saturated rings. The molecule has 1 amide bonds. The average molecular weight is 318 g/mol. The van der Waals surface area contributed by atoms with E-state index in [-0.39, 0.29) is 18.9 Å². The third-order valence-electron chi connectivity index (χ3n) is 2.41. The summed E-state index contributed by atoms with van der Waals surface area (Å²) < 4.78 is 13.7. The predicted octanol–water partition coefficient (Wildman–Crippen LogP) is 2.06. The molecule has 0 spiro atoms. The van der Waals surface area contributed by atoms with Crippen molar-refractivity contribution in [1.29, 1.82) is 0 Å². The van der Waals surface area contributed by atoms with Crippen molar-refractivity contribution in [2.45, 2.75) is 13.3 Å². The van der Waals surface area contributed by atoms with Gasteiger partial charge < -0.3 is 10.0 Å². The molecule has 0 saturated carbocycles. The number of aliphatic carboxylic acids is 1. The van der Waals surface area contributed by atoms with E-state index in [1.807, 2.05) is 0 Å². The van der Waals surface area contributed by atoms with E-state index in [4.69, 9.17) is 5.11 Å². The van der Waals surface area contributed by atoms with Gasteiger partial charge in [0, 0.05) is 11.0 Å². The van der Waals surface area contributed by atoms with E-state index >= 15 is 0 Å². The quantitative estimate of drug-likeness (QED) is 0.904. The van der Waals surface area contributed by atoms with Crippen LogP contribution in [0.4, 0.5) is 4.39 Å². The zero-order valence-corrected chi connectivity index (χ0v) is 11.4. The molecule has 0 aliphatic heterocycles. The Morgan fingerprint density at radius 1 is 1.44 bits per heavy atom. The molecule has 1 aromatic rings. The smallest absolute Gasteiger partial charge is 0.323 e. The lowest BCUT2D eigenvalue weighted by molar-refractivity contribution is -0.144. The van der Waals surface area contributed by atoms with Crippen molar-refractivity contribution in [3.8, 4) is 0 Å². The number of hydrogen-bond acceptors (Lipinski definition) is 2. The zero-order chi connectivity index (χ0) is 13.7. The van der Waals surface area contributed by atoms with Gasteiger partial charge in [0.1, 0.15) is 12.4 Å². The van der Waals surface area contributed by atoms with Crippen LogP contribution in [-0.2, 0) is 16.0 Å². The molecule has 0 bridgehead atoms. The number of carbonyl (C=O) groups is 2. The summed E-state index contributed by atoms with van der Waals surface area (Å²) in [5.41, 5.74) is 0.504. The highest BCUT2D eigenvalue weighted by atomic mass is 79.9. The summed E-state index contributed by atoms with van der Waals surface area (Å²) in [6.45, 7) is 1.65. The molecule has 0 unspecified atom stereocenters. The maximum Gasteiger partial charge on any atom is 0.323 e. The topological polar surface area (TPSA) is 57.6 Å². The van der Waals surface area contributed by atoms with Crippen LogP contribution in [0, 0.1) is 5.82 Å². The van der Waals surface area contributed by atoms with Gasteiger partial charge >= 0.3 is 5.97 Å². The first-order chi connectivity index (χ1) is 8.43. The van der Waals surface area contributed by atoms with E-state index in [2.05, 4.69) is 15.9 Å². The minimum Gasteiger partial charge on any atom is -0.480 e. The first-order valence-electron chi connectivity index (χ1n) is 5.37. The third-order valence-corrected chi connectivity index (χ3v) is 3.18. The maximum absolute atomic E-state index is 13.1. The Hall–Kier alpha value is -1.43. The first-order valence-corrected chi connectivity index (χ1v) is 6.16. The minimum absolute atomic E-state index is 0.0283. The first kappa shape index (κ1) is 14.6. The molecule has 1 aromatic carbocycles. The van der Waals surface area contributed by atoms with Crippen LogP contribution in [0.5, 0.6) is 0 Å². The maximum atomic E-state index is 13.1. The van der Waals surface area contributed by atoms with Crippen molar-refractivity contribution in [3.05, 3.63) is 34.1 Å². The molecule has 6 heteroatoms.